The summed E-state index contributed by atoms with van der Waals surface area (Å²) in [5.74, 6) is 0. The lowest BCUT2D eigenvalue weighted by molar-refractivity contribution is 0.423. The van der Waals surface area contributed by atoms with Crippen LogP contribution in [0.3, 0.4) is 0 Å². The topological polar surface area (TPSA) is 12.0 Å². The molecule has 1 atom stereocenters. The molecule has 20 heavy (non-hydrogen) atoms. The molecule has 1 heterocycles. The van der Waals surface area contributed by atoms with E-state index in [4.69, 9.17) is 0 Å². The third-order valence-corrected chi connectivity index (χ3v) is 6.00. The van der Waals surface area contributed by atoms with Crippen molar-refractivity contribution in [3.63, 3.8) is 0 Å². The van der Waals surface area contributed by atoms with E-state index in [1.807, 2.05) is 11.3 Å². The normalized spacial score (nSPS) is 17.9. The van der Waals surface area contributed by atoms with Gasteiger partial charge in [0, 0.05) is 26.2 Å². The van der Waals surface area contributed by atoms with E-state index in [0.29, 0.717) is 11.5 Å². The second-order valence-electron chi connectivity index (χ2n) is 5.57. The summed E-state index contributed by atoms with van der Waals surface area (Å²) >= 11 is 5.42. The average Bonchev–Trinajstić information content (AvgIpc) is 3.18. The van der Waals surface area contributed by atoms with Gasteiger partial charge in [-0.05, 0) is 53.4 Å². The van der Waals surface area contributed by atoms with Crippen LogP contribution >= 0.6 is 27.3 Å². The van der Waals surface area contributed by atoms with Crippen molar-refractivity contribution in [2.45, 2.75) is 37.6 Å². The molecule has 0 spiro atoms. The molecule has 1 saturated carbocycles. The summed E-state index contributed by atoms with van der Waals surface area (Å²) in [4.78, 5) is 1.46. The Morgan fingerprint density at radius 3 is 2.60 bits per heavy atom. The Kier molecular flexibility index (Phi) is 4.29. The minimum absolute atomic E-state index is 0.355. The van der Waals surface area contributed by atoms with Gasteiger partial charge in [0.05, 0.1) is 0 Å². The molecule has 1 unspecified atom stereocenters. The zero-order valence-corrected chi connectivity index (χ0v) is 14.1. The average molecular weight is 350 g/mol. The lowest BCUT2D eigenvalue weighted by atomic mass is 9.85. The maximum absolute atomic E-state index is 3.73. The van der Waals surface area contributed by atoms with Crippen LogP contribution in [0.4, 0.5) is 0 Å². The van der Waals surface area contributed by atoms with E-state index in [1.54, 1.807) is 0 Å². The van der Waals surface area contributed by atoms with Gasteiger partial charge in [-0.25, -0.2) is 0 Å². The van der Waals surface area contributed by atoms with Gasteiger partial charge < -0.3 is 5.32 Å². The molecule has 3 heteroatoms. The number of rotatable bonds is 6. The van der Waals surface area contributed by atoms with Crippen molar-refractivity contribution in [1.82, 2.24) is 5.32 Å². The van der Waals surface area contributed by atoms with Crippen LogP contribution in [0.25, 0.3) is 0 Å². The Hall–Kier alpha value is -0.640. The zero-order chi connectivity index (χ0) is 14.0. The van der Waals surface area contributed by atoms with Crippen molar-refractivity contribution < 1.29 is 0 Å². The van der Waals surface area contributed by atoms with Gasteiger partial charge in [0.25, 0.3) is 0 Å². The van der Waals surface area contributed by atoms with E-state index in [-0.39, 0.29) is 0 Å². The first-order valence-corrected chi connectivity index (χ1v) is 8.94. The van der Waals surface area contributed by atoms with Crippen LogP contribution in [0.1, 0.15) is 30.2 Å². The summed E-state index contributed by atoms with van der Waals surface area (Å²) in [6.07, 6.45) is 3.74. The molecule has 0 aliphatic heterocycles. The highest BCUT2D eigenvalue weighted by atomic mass is 79.9. The van der Waals surface area contributed by atoms with Crippen LogP contribution in [-0.2, 0) is 11.8 Å². The van der Waals surface area contributed by atoms with Gasteiger partial charge in [-0.15, -0.1) is 11.3 Å². The number of thiophene rings is 1. The monoisotopic (exact) mass is 349 g/mol. The molecule has 0 radical (unpaired) electrons. The van der Waals surface area contributed by atoms with Crippen molar-refractivity contribution in [3.8, 4) is 0 Å². The standard InChI is InChI=1S/C17H20BrNS/c1-2-19-16(11-15-10-14(18)12-20-15)17(8-9-17)13-6-4-3-5-7-13/h3-7,10,12,16,19H,2,8-9,11H2,1H3. The zero-order valence-electron chi connectivity index (χ0n) is 11.7. The Morgan fingerprint density at radius 2 is 2.05 bits per heavy atom. The molecule has 0 bridgehead atoms. The highest BCUT2D eigenvalue weighted by Gasteiger charge is 2.50. The molecule has 1 aromatic carbocycles. The van der Waals surface area contributed by atoms with E-state index in [2.05, 4.69) is 69.9 Å². The molecule has 0 saturated heterocycles. The number of benzene rings is 1. The molecule has 2 aromatic rings. The van der Waals surface area contributed by atoms with Gasteiger partial charge in [-0.2, -0.15) is 0 Å². The Morgan fingerprint density at radius 1 is 1.30 bits per heavy atom. The minimum Gasteiger partial charge on any atom is -0.313 e. The highest BCUT2D eigenvalue weighted by Crippen LogP contribution is 2.51. The lowest BCUT2D eigenvalue weighted by Gasteiger charge is -2.28. The summed E-state index contributed by atoms with van der Waals surface area (Å²) in [7, 11) is 0. The van der Waals surface area contributed by atoms with Crippen molar-refractivity contribution in [1.29, 1.82) is 0 Å². The number of halogens is 1. The third kappa shape index (κ3) is 2.85. The smallest absolute Gasteiger partial charge is 0.0285 e. The molecule has 1 aromatic heterocycles. The number of likely N-dealkylation sites (N-methyl/N-ethyl adjacent to an activating group) is 1. The maximum atomic E-state index is 3.73. The quantitative estimate of drug-likeness (QED) is 0.792. The van der Waals surface area contributed by atoms with Crippen LogP contribution in [-0.4, -0.2) is 12.6 Å². The molecular formula is C17H20BrNS. The van der Waals surface area contributed by atoms with Crippen LogP contribution in [0.15, 0.2) is 46.3 Å². The first-order valence-electron chi connectivity index (χ1n) is 7.26. The molecule has 1 fully saturated rings. The van der Waals surface area contributed by atoms with E-state index in [1.165, 1.54) is 27.8 Å². The number of nitrogens with one attached hydrogen (secondary N) is 1. The first kappa shape index (κ1) is 14.3. The van der Waals surface area contributed by atoms with Gasteiger partial charge in [-0.3, -0.25) is 0 Å². The summed E-state index contributed by atoms with van der Waals surface area (Å²) < 4.78 is 1.21. The third-order valence-electron chi connectivity index (χ3n) is 4.28. The largest absolute Gasteiger partial charge is 0.313 e. The second kappa shape index (κ2) is 6.00. The van der Waals surface area contributed by atoms with Crippen LogP contribution in [0, 0.1) is 0 Å². The summed E-state index contributed by atoms with van der Waals surface area (Å²) in [6, 6.07) is 13.8. The van der Waals surface area contributed by atoms with E-state index >= 15 is 0 Å². The van der Waals surface area contributed by atoms with E-state index < -0.39 is 0 Å². The Balaban J connectivity index is 1.83. The molecule has 1 N–H and O–H groups in total. The molecule has 1 aliphatic rings. The lowest BCUT2D eigenvalue weighted by Crippen LogP contribution is -2.41. The van der Waals surface area contributed by atoms with Crippen molar-refractivity contribution in [2.24, 2.45) is 0 Å². The molecule has 1 aliphatic carbocycles. The van der Waals surface area contributed by atoms with Gasteiger partial charge >= 0.3 is 0 Å². The van der Waals surface area contributed by atoms with Gasteiger partial charge in [0.2, 0.25) is 0 Å². The summed E-state index contributed by atoms with van der Waals surface area (Å²) in [6.45, 7) is 3.24. The predicted molar refractivity (Wildman–Crippen MR) is 90.5 cm³/mol. The van der Waals surface area contributed by atoms with Gasteiger partial charge in [0.1, 0.15) is 0 Å². The van der Waals surface area contributed by atoms with E-state index in [0.717, 1.165) is 13.0 Å². The maximum Gasteiger partial charge on any atom is 0.0285 e. The Labute approximate surface area is 133 Å². The second-order valence-corrected chi connectivity index (χ2v) is 7.48. The van der Waals surface area contributed by atoms with Crippen molar-refractivity contribution in [3.05, 3.63) is 56.7 Å². The fourth-order valence-corrected chi connectivity index (χ4v) is 4.61. The summed E-state index contributed by atoms with van der Waals surface area (Å²) in [5, 5.41) is 5.91. The fourth-order valence-electron chi connectivity index (χ4n) is 3.11. The van der Waals surface area contributed by atoms with Crippen molar-refractivity contribution in [2.75, 3.05) is 6.54 Å². The predicted octanol–water partition coefficient (Wildman–Crippen LogP) is 4.76. The number of hydrogen-bond acceptors (Lipinski definition) is 2. The molecule has 106 valence electrons. The highest BCUT2D eigenvalue weighted by molar-refractivity contribution is 9.10. The summed E-state index contributed by atoms with van der Waals surface area (Å²) in [5.41, 5.74) is 1.86. The number of hydrogen-bond donors (Lipinski definition) is 1. The van der Waals surface area contributed by atoms with Gasteiger partial charge in [-0.1, -0.05) is 37.3 Å². The molecule has 1 nitrogen and oxygen atoms in total. The van der Waals surface area contributed by atoms with Crippen molar-refractivity contribution >= 4 is 27.3 Å². The van der Waals surface area contributed by atoms with Crippen LogP contribution in [0.2, 0.25) is 0 Å². The van der Waals surface area contributed by atoms with E-state index in [9.17, 15) is 0 Å². The molecule has 3 rings (SSSR count). The van der Waals surface area contributed by atoms with Crippen LogP contribution < -0.4 is 5.32 Å². The fraction of sp³-hybridized carbons (Fsp3) is 0.412. The minimum atomic E-state index is 0.355. The molecular weight excluding hydrogens is 330 g/mol. The van der Waals surface area contributed by atoms with Gasteiger partial charge in [0.15, 0.2) is 0 Å². The SMILES string of the molecule is CCNC(Cc1cc(Br)cs1)C1(c2ccccc2)CC1. The molecule has 0 amide bonds. The first-order chi connectivity index (χ1) is 9.74. The Bertz CT molecular complexity index is 559. The van der Waals surface area contributed by atoms with Crippen LogP contribution in [0.5, 0.6) is 0 Å².